The highest BCUT2D eigenvalue weighted by Crippen LogP contribution is 2.22. The third-order valence-electron chi connectivity index (χ3n) is 3.66. The van der Waals surface area contributed by atoms with Crippen molar-refractivity contribution < 1.29 is 4.79 Å². The Hall–Kier alpha value is -0.0300. The van der Waals surface area contributed by atoms with Crippen molar-refractivity contribution >= 4 is 30.7 Å². The van der Waals surface area contributed by atoms with Gasteiger partial charge in [-0.1, -0.05) is 0 Å². The van der Waals surface area contributed by atoms with Crippen LogP contribution >= 0.6 is 24.8 Å². The Bertz CT molecular complexity index is 235. The number of likely N-dealkylation sites (tertiary alicyclic amines) is 1. The maximum absolute atomic E-state index is 11.5. The molecule has 2 rings (SSSR count). The molecule has 2 N–H and O–H groups in total. The average molecular weight is 284 g/mol. The maximum Gasteiger partial charge on any atom is 0.224 e. The molecule has 2 aliphatic rings. The highest BCUT2D eigenvalue weighted by atomic mass is 35.5. The standard InChI is InChI=1S/C11H21N3O.2ClH/c1-12-11(15)9-4-7-14(8-9)10-2-5-13-6-3-10;;/h9-10,13H,2-8H2,1H3,(H,12,15);2*1H/t9-;;/m0../s1. The van der Waals surface area contributed by atoms with E-state index in [-0.39, 0.29) is 36.6 Å². The van der Waals surface area contributed by atoms with Crippen molar-refractivity contribution in [2.75, 3.05) is 33.2 Å². The van der Waals surface area contributed by atoms with Crippen LogP contribution in [0.3, 0.4) is 0 Å². The van der Waals surface area contributed by atoms with Crippen LogP contribution in [0.2, 0.25) is 0 Å². The molecule has 0 saturated carbocycles. The van der Waals surface area contributed by atoms with Crippen molar-refractivity contribution in [2.45, 2.75) is 25.3 Å². The summed E-state index contributed by atoms with van der Waals surface area (Å²) in [5, 5.41) is 6.13. The van der Waals surface area contributed by atoms with E-state index in [1.54, 1.807) is 7.05 Å². The number of nitrogens with zero attached hydrogens (tertiary/aromatic N) is 1. The fraction of sp³-hybridized carbons (Fsp3) is 0.909. The summed E-state index contributed by atoms with van der Waals surface area (Å²) in [6.45, 7) is 4.32. The third-order valence-corrected chi connectivity index (χ3v) is 3.66. The summed E-state index contributed by atoms with van der Waals surface area (Å²) in [4.78, 5) is 14.0. The van der Waals surface area contributed by atoms with Gasteiger partial charge in [0.1, 0.15) is 0 Å². The van der Waals surface area contributed by atoms with E-state index in [1.165, 1.54) is 12.8 Å². The van der Waals surface area contributed by atoms with E-state index < -0.39 is 0 Å². The molecule has 0 aliphatic carbocycles. The average Bonchev–Trinajstić information content (AvgIpc) is 2.78. The van der Waals surface area contributed by atoms with E-state index in [0.717, 1.165) is 32.6 Å². The van der Waals surface area contributed by atoms with Crippen molar-refractivity contribution in [3.63, 3.8) is 0 Å². The third kappa shape index (κ3) is 4.28. The van der Waals surface area contributed by atoms with Gasteiger partial charge in [0.2, 0.25) is 5.91 Å². The van der Waals surface area contributed by atoms with E-state index in [4.69, 9.17) is 0 Å². The van der Waals surface area contributed by atoms with Crippen molar-refractivity contribution in [1.82, 2.24) is 15.5 Å². The number of amides is 1. The molecule has 0 aromatic carbocycles. The summed E-state index contributed by atoms with van der Waals surface area (Å²) < 4.78 is 0. The van der Waals surface area contributed by atoms with Gasteiger partial charge in [-0.15, -0.1) is 24.8 Å². The van der Waals surface area contributed by atoms with Gasteiger partial charge in [-0.05, 0) is 38.9 Å². The zero-order chi connectivity index (χ0) is 10.7. The van der Waals surface area contributed by atoms with Gasteiger partial charge in [-0.25, -0.2) is 0 Å². The predicted molar refractivity (Wildman–Crippen MR) is 74.1 cm³/mol. The van der Waals surface area contributed by atoms with Gasteiger partial charge in [-0.3, -0.25) is 9.69 Å². The normalized spacial score (nSPS) is 25.8. The highest BCUT2D eigenvalue weighted by molar-refractivity contribution is 5.85. The Labute approximate surface area is 116 Å². The second-order valence-electron chi connectivity index (χ2n) is 4.58. The second kappa shape index (κ2) is 8.14. The van der Waals surface area contributed by atoms with Crippen molar-refractivity contribution in [2.24, 2.45) is 5.92 Å². The SMILES string of the molecule is CNC(=O)[C@H]1CCN(C2CCNCC2)C1.Cl.Cl. The fourth-order valence-electron chi connectivity index (χ4n) is 2.71. The Kier molecular flexibility index (Phi) is 8.12. The number of nitrogens with one attached hydrogen (secondary N) is 2. The Morgan fingerprint density at radius 3 is 2.47 bits per heavy atom. The molecule has 17 heavy (non-hydrogen) atoms. The molecule has 4 nitrogen and oxygen atoms in total. The lowest BCUT2D eigenvalue weighted by Gasteiger charge is -2.31. The summed E-state index contributed by atoms with van der Waals surface area (Å²) in [7, 11) is 1.73. The molecule has 2 saturated heterocycles. The molecule has 0 aromatic rings. The minimum atomic E-state index is 0. The van der Waals surface area contributed by atoms with Crippen LogP contribution in [0.25, 0.3) is 0 Å². The first-order valence-electron chi connectivity index (χ1n) is 5.97. The lowest BCUT2D eigenvalue weighted by atomic mass is 10.1. The van der Waals surface area contributed by atoms with Gasteiger partial charge in [0.05, 0.1) is 5.92 Å². The van der Waals surface area contributed by atoms with Gasteiger partial charge < -0.3 is 10.6 Å². The summed E-state index contributed by atoms with van der Waals surface area (Å²) in [5.74, 6) is 0.441. The number of halogens is 2. The molecule has 102 valence electrons. The van der Waals surface area contributed by atoms with Crippen molar-refractivity contribution in [3.05, 3.63) is 0 Å². The summed E-state index contributed by atoms with van der Waals surface area (Å²) in [5.41, 5.74) is 0. The van der Waals surface area contributed by atoms with Crippen LogP contribution in [0.5, 0.6) is 0 Å². The van der Waals surface area contributed by atoms with Gasteiger partial charge in [0.25, 0.3) is 0 Å². The monoisotopic (exact) mass is 283 g/mol. The maximum atomic E-state index is 11.5. The Morgan fingerprint density at radius 1 is 1.24 bits per heavy atom. The number of rotatable bonds is 2. The predicted octanol–water partition coefficient (Wildman–Crippen LogP) is 0.650. The van der Waals surface area contributed by atoms with Gasteiger partial charge in [0, 0.05) is 19.6 Å². The molecule has 0 bridgehead atoms. The van der Waals surface area contributed by atoms with E-state index in [0.29, 0.717) is 6.04 Å². The van der Waals surface area contributed by atoms with Crippen LogP contribution in [0, 0.1) is 5.92 Å². The summed E-state index contributed by atoms with van der Waals surface area (Å²) in [6.07, 6.45) is 3.50. The summed E-state index contributed by atoms with van der Waals surface area (Å²) in [6, 6.07) is 0.709. The Balaban J connectivity index is 0.00000128. The Morgan fingerprint density at radius 2 is 1.88 bits per heavy atom. The number of carbonyl (C=O) groups is 1. The van der Waals surface area contributed by atoms with Gasteiger partial charge in [0.15, 0.2) is 0 Å². The molecule has 0 aromatic heterocycles. The van der Waals surface area contributed by atoms with Crippen molar-refractivity contribution in [1.29, 1.82) is 0 Å². The minimum absolute atomic E-state index is 0. The van der Waals surface area contributed by atoms with Crippen LogP contribution in [0.4, 0.5) is 0 Å². The first kappa shape index (κ1) is 17.0. The lowest BCUT2D eigenvalue weighted by molar-refractivity contribution is -0.124. The topological polar surface area (TPSA) is 44.4 Å². The van der Waals surface area contributed by atoms with Crippen LogP contribution < -0.4 is 10.6 Å². The molecule has 0 spiro atoms. The number of hydrogen-bond acceptors (Lipinski definition) is 3. The molecule has 6 heteroatoms. The smallest absolute Gasteiger partial charge is 0.224 e. The molecular weight excluding hydrogens is 261 g/mol. The van der Waals surface area contributed by atoms with Gasteiger partial charge in [-0.2, -0.15) is 0 Å². The molecule has 0 radical (unpaired) electrons. The molecule has 1 amide bonds. The molecule has 0 unspecified atom stereocenters. The first-order valence-corrected chi connectivity index (χ1v) is 5.97. The molecule has 2 heterocycles. The van der Waals surface area contributed by atoms with E-state index in [9.17, 15) is 4.79 Å². The van der Waals surface area contributed by atoms with Crippen LogP contribution in [-0.4, -0.2) is 50.1 Å². The zero-order valence-electron chi connectivity index (χ0n) is 10.3. The molecule has 1 atom stereocenters. The molecule has 2 aliphatic heterocycles. The summed E-state index contributed by atoms with van der Waals surface area (Å²) >= 11 is 0. The van der Waals surface area contributed by atoms with Crippen molar-refractivity contribution in [3.8, 4) is 0 Å². The van der Waals surface area contributed by atoms with Crippen LogP contribution in [-0.2, 0) is 4.79 Å². The minimum Gasteiger partial charge on any atom is -0.359 e. The van der Waals surface area contributed by atoms with E-state index in [1.807, 2.05) is 0 Å². The van der Waals surface area contributed by atoms with Crippen LogP contribution in [0.1, 0.15) is 19.3 Å². The fourth-order valence-corrected chi connectivity index (χ4v) is 2.71. The number of hydrogen-bond donors (Lipinski definition) is 2. The molecular formula is C11H23Cl2N3O. The largest absolute Gasteiger partial charge is 0.359 e. The number of carbonyl (C=O) groups excluding carboxylic acids is 1. The quantitative estimate of drug-likeness (QED) is 0.782. The first-order chi connectivity index (χ1) is 7.31. The zero-order valence-corrected chi connectivity index (χ0v) is 11.9. The molecule has 2 fully saturated rings. The number of piperidine rings is 1. The van der Waals surface area contributed by atoms with Crippen LogP contribution in [0.15, 0.2) is 0 Å². The van der Waals surface area contributed by atoms with E-state index in [2.05, 4.69) is 15.5 Å². The van der Waals surface area contributed by atoms with Gasteiger partial charge >= 0.3 is 0 Å². The second-order valence-corrected chi connectivity index (χ2v) is 4.58. The lowest BCUT2D eigenvalue weighted by Crippen LogP contribution is -2.42. The van der Waals surface area contributed by atoms with E-state index >= 15 is 0 Å². The highest BCUT2D eigenvalue weighted by Gasteiger charge is 2.32.